The monoisotopic (exact) mass is 332 g/mol. The Morgan fingerprint density at radius 1 is 1.35 bits per heavy atom. The number of anilines is 1. The highest BCUT2D eigenvalue weighted by Gasteiger charge is 2.12. The van der Waals surface area contributed by atoms with E-state index in [9.17, 15) is 4.79 Å². The van der Waals surface area contributed by atoms with E-state index in [4.69, 9.17) is 10.5 Å². The zero-order chi connectivity index (χ0) is 16.8. The van der Waals surface area contributed by atoms with Gasteiger partial charge in [-0.25, -0.2) is 9.97 Å². The van der Waals surface area contributed by atoms with Gasteiger partial charge in [-0.1, -0.05) is 23.9 Å². The Morgan fingerprint density at radius 3 is 2.83 bits per heavy atom. The van der Waals surface area contributed by atoms with E-state index in [1.165, 1.54) is 11.8 Å². The van der Waals surface area contributed by atoms with Crippen LogP contribution in [-0.2, 0) is 11.3 Å². The predicted molar refractivity (Wildman–Crippen MR) is 91.4 cm³/mol. The van der Waals surface area contributed by atoms with Gasteiger partial charge >= 0.3 is 0 Å². The van der Waals surface area contributed by atoms with Crippen LogP contribution in [0.25, 0.3) is 0 Å². The number of carbonyl (C=O) groups is 1. The number of nitrogens with two attached hydrogens (primary N) is 1. The molecule has 1 amide bonds. The molecule has 2 rings (SSSR count). The highest BCUT2D eigenvalue weighted by Crippen LogP contribution is 2.17. The minimum absolute atomic E-state index is 0.00139. The molecule has 0 atom stereocenters. The predicted octanol–water partition coefficient (Wildman–Crippen LogP) is 2.13. The smallest absolute Gasteiger partial charge is 0.233 e. The summed E-state index contributed by atoms with van der Waals surface area (Å²) in [4.78, 5) is 22.3. The molecule has 6 nitrogen and oxygen atoms in total. The Morgan fingerprint density at radius 2 is 2.13 bits per heavy atom. The van der Waals surface area contributed by atoms with Crippen LogP contribution < -0.4 is 10.5 Å². The van der Waals surface area contributed by atoms with Crippen molar-refractivity contribution in [1.29, 1.82) is 0 Å². The van der Waals surface area contributed by atoms with Crippen LogP contribution in [-0.4, -0.2) is 40.7 Å². The summed E-state index contributed by atoms with van der Waals surface area (Å²) >= 11 is 1.29. The summed E-state index contributed by atoms with van der Waals surface area (Å²) in [6.07, 6.45) is 0. The van der Waals surface area contributed by atoms with Gasteiger partial charge in [0.1, 0.15) is 11.6 Å². The van der Waals surface area contributed by atoms with Crippen LogP contribution in [0.4, 0.5) is 5.82 Å². The molecule has 1 aromatic carbocycles. The second-order valence-electron chi connectivity index (χ2n) is 5.11. The summed E-state index contributed by atoms with van der Waals surface area (Å²) in [6, 6.07) is 9.36. The molecule has 23 heavy (non-hydrogen) atoms. The second-order valence-corrected chi connectivity index (χ2v) is 6.05. The number of ether oxygens (including phenoxy) is 1. The molecule has 2 N–H and O–H groups in total. The fourth-order valence-electron chi connectivity index (χ4n) is 2.00. The van der Waals surface area contributed by atoms with Crippen LogP contribution in [0.1, 0.15) is 11.3 Å². The van der Waals surface area contributed by atoms with Crippen molar-refractivity contribution in [1.82, 2.24) is 14.9 Å². The highest BCUT2D eigenvalue weighted by atomic mass is 32.2. The SMILES string of the molecule is COc1cccc(CN(C)C(=O)CSc2nc(C)cc(N)n2)c1. The maximum atomic E-state index is 12.2. The highest BCUT2D eigenvalue weighted by molar-refractivity contribution is 7.99. The first-order valence-corrected chi connectivity index (χ1v) is 8.07. The molecule has 0 fully saturated rings. The number of carbonyl (C=O) groups excluding carboxylic acids is 1. The average Bonchev–Trinajstić information content (AvgIpc) is 2.51. The number of thioether (sulfide) groups is 1. The van der Waals surface area contributed by atoms with E-state index < -0.39 is 0 Å². The molecule has 0 aliphatic carbocycles. The number of amides is 1. The molecule has 7 heteroatoms. The molecule has 122 valence electrons. The van der Waals surface area contributed by atoms with Crippen molar-refractivity contribution < 1.29 is 9.53 Å². The lowest BCUT2D eigenvalue weighted by atomic mass is 10.2. The van der Waals surface area contributed by atoms with Gasteiger partial charge in [-0.3, -0.25) is 4.79 Å². The number of hydrogen-bond donors (Lipinski definition) is 1. The van der Waals surface area contributed by atoms with Gasteiger partial charge < -0.3 is 15.4 Å². The van der Waals surface area contributed by atoms with Crippen LogP contribution in [0.2, 0.25) is 0 Å². The van der Waals surface area contributed by atoms with Crippen molar-refractivity contribution in [2.45, 2.75) is 18.6 Å². The van der Waals surface area contributed by atoms with E-state index in [-0.39, 0.29) is 11.7 Å². The number of rotatable bonds is 6. The van der Waals surface area contributed by atoms with Gasteiger partial charge in [-0.2, -0.15) is 0 Å². The number of aryl methyl sites for hydroxylation is 1. The Labute approximate surface area is 140 Å². The Balaban J connectivity index is 1.91. The lowest BCUT2D eigenvalue weighted by molar-refractivity contribution is -0.127. The number of benzene rings is 1. The molecule has 0 spiro atoms. The molecule has 0 unspecified atom stereocenters. The second kappa shape index (κ2) is 7.82. The van der Waals surface area contributed by atoms with Gasteiger partial charge in [-0.15, -0.1) is 0 Å². The minimum Gasteiger partial charge on any atom is -0.497 e. The van der Waals surface area contributed by atoms with Crippen LogP contribution in [0.3, 0.4) is 0 Å². The van der Waals surface area contributed by atoms with E-state index in [1.54, 1.807) is 25.1 Å². The third-order valence-electron chi connectivity index (χ3n) is 3.16. The minimum atomic E-state index is 0.00139. The Hall–Kier alpha value is -2.28. The molecule has 0 saturated heterocycles. The van der Waals surface area contributed by atoms with Crippen molar-refractivity contribution in [3.63, 3.8) is 0 Å². The van der Waals surface area contributed by atoms with E-state index in [0.717, 1.165) is 17.0 Å². The molecule has 2 aromatic rings. The lowest BCUT2D eigenvalue weighted by Crippen LogP contribution is -2.27. The Bertz CT molecular complexity index is 673. The topological polar surface area (TPSA) is 81.3 Å². The number of aromatic nitrogens is 2. The molecule has 1 aromatic heterocycles. The zero-order valence-electron chi connectivity index (χ0n) is 13.4. The molecular formula is C16H20N4O2S. The van der Waals surface area contributed by atoms with Crippen molar-refractivity contribution in [3.8, 4) is 5.75 Å². The summed E-state index contributed by atoms with van der Waals surface area (Å²) in [7, 11) is 3.39. The summed E-state index contributed by atoms with van der Waals surface area (Å²) in [5.74, 6) is 1.46. The van der Waals surface area contributed by atoms with Gasteiger partial charge in [0.25, 0.3) is 0 Å². The molecule has 1 heterocycles. The molecule has 0 aliphatic heterocycles. The Kier molecular flexibility index (Phi) is 5.81. The quantitative estimate of drug-likeness (QED) is 0.645. The van der Waals surface area contributed by atoms with Crippen LogP contribution >= 0.6 is 11.8 Å². The van der Waals surface area contributed by atoms with Crippen LogP contribution in [0, 0.1) is 6.92 Å². The van der Waals surface area contributed by atoms with Crippen molar-refractivity contribution in [3.05, 3.63) is 41.6 Å². The largest absolute Gasteiger partial charge is 0.497 e. The molecule has 0 aliphatic rings. The number of hydrogen-bond acceptors (Lipinski definition) is 6. The number of nitrogens with zero attached hydrogens (tertiary/aromatic N) is 3. The first-order chi connectivity index (χ1) is 11.0. The standard InChI is InChI=1S/C16H20N4O2S/c1-11-7-14(17)19-16(18-11)23-10-15(21)20(2)9-12-5-4-6-13(8-12)22-3/h4-8H,9-10H2,1-3H3,(H2,17,18,19). The van der Waals surface area contributed by atoms with Crippen LogP contribution in [0.15, 0.2) is 35.5 Å². The van der Waals surface area contributed by atoms with Gasteiger partial charge in [0.15, 0.2) is 5.16 Å². The first kappa shape index (κ1) is 17.1. The number of methoxy groups -OCH3 is 1. The first-order valence-electron chi connectivity index (χ1n) is 7.09. The number of nitrogen functional groups attached to an aromatic ring is 1. The van der Waals surface area contributed by atoms with Crippen LogP contribution in [0.5, 0.6) is 5.75 Å². The summed E-state index contributed by atoms with van der Waals surface area (Å²) in [6.45, 7) is 2.37. The van der Waals surface area contributed by atoms with Gasteiger partial charge in [-0.05, 0) is 24.6 Å². The fraction of sp³-hybridized carbons (Fsp3) is 0.312. The van der Waals surface area contributed by atoms with Gasteiger partial charge in [0, 0.05) is 25.4 Å². The van der Waals surface area contributed by atoms with E-state index in [1.807, 2.05) is 31.2 Å². The van der Waals surface area contributed by atoms with E-state index in [0.29, 0.717) is 17.5 Å². The van der Waals surface area contributed by atoms with E-state index >= 15 is 0 Å². The fourth-order valence-corrected chi connectivity index (χ4v) is 2.85. The lowest BCUT2D eigenvalue weighted by Gasteiger charge is -2.17. The maximum Gasteiger partial charge on any atom is 0.233 e. The third kappa shape index (κ3) is 5.14. The van der Waals surface area contributed by atoms with E-state index in [2.05, 4.69) is 9.97 Å². The third-order valence-corrected chi connectivity index (χ3v) is 3.99. The molecule has 0 bridgehead atoms. The molecular weight excluding hydrogens is 312 g/mol. The summed E-state index contributed by atoms with van der Waals surface area (Å²) < 4.78 is 5.19. The zero-order valence-corrected chi connectivity index (χ0v) is 14.3. The maximum absolute atomic E-state index is 12.2. The van der Waals surface area contributed by atoms with Gasteiger partial charge in [0.05, 0.1) is 12.9 Å². The van der Waals surface area contributed by atoms with Gasteiger partial charge in [0.2, 0.25) is 5.91 Å². The normalized spacial score (nSPS) is 10.4. The summed E-state index contributed by atoms with van der Waals surface area (Å²) in [5, 5.41) is 0.519. The molecule has 0 radical (unpaired) electrons. The van der Waals surface area contributed by atoms with Crippen molar-refractivity contribution >= 4 is 23.5 Å². The average molecular weight is 332 g/mol. The molecule has 0 saturated carbocycles. The van der Waals surface area contributed by atoms with Crippen molar-refractivity contribution in [2.24, 2.45) is 0 Å². The van der Waals surface area contributed by atoms with Crippen molar-refractivity contribution in [2.75, 3.05) is 25.6 Å². The summed E-state index contributed by atoms with van der Waals surface area (Å²) in [5.41, 5.74) is 7.49.